The minimum Gasteiger partial charge on any atom is -0.399 e. The van der Waals surface area contributed by atoms with Gasteiger partial charge in [-0.1, -0.05) is 12.5 Å². The van der Waals surface area contributed by atoms with E-state index in [1.165, 1.54) is 69.4 Å². The van der Waals surface area contributed by atoms with Gasteiger partial charge in [0.25, 0.3) is 0 Å². The summed E-state index contributed by atoms with van der Waals surface area (Å²) in [6, 6.07) is 6.37. The van der Waals surface area contributed by atoms with Crippen LogP contribution in [-0.4, -0.2) is 50.7 Å². The van der Waals surface area contributed by atoms with Crippen molar-refractivity contribution in [3.8, 4) is 0 Å². The molecule has 3 N–H and O–H groups in total. The third kappa shape index (κ3) is 4.85. The molecule has 4 heteroatoms. The number of fused-ring (bicyclic) bond motifs is 1. The van der Waals surface area contributed by atoms with E-state index in [0.717, 1.165) is 31.9 Å². The predicted octanol–water partition coefficient (Wildman–Crippen LogP) is 2.49. The fraction of sp³-hybridized carbons (Fsp3) is 0.684. The quantitative estimate of drug-likeness (QED) is 0.599. The molecule has 1 aromatic carbocycles. The average Bonchev–Trinajstić information content (AvgIpc) is 2.59. The van der Waals surface area contributed by atoms with Gasteiger partial charge < -0.3 is 20.9 Å². The van der Waals surface area contributed by atoms with E-state index >= 15 is 0 Å². The highest BCUT2D eigenvalue weighted by atomic mass is 15.2. The number of nitrogens with two attached hydrogens (primary N) is 1. The van der Waals surface area contributed by atoms with Crippen molar-refractivity contribution >= 4 is 11.4 Å². The molecule has 2 heterocycles. The molecule has 128 valence electrons. The Balaban J connectivity index is 1.34. The predicted molar refractivity (Wildman–Crippen MR) is 99.2 cm³/mol. The third-order valence-corrected chi connectivity index (χ3v) is 5.16. The van der Waals surface area contributed by atoms with Crippen molar-refractivity contribution in [2.24, 2.45) is 0 Å². The topological polar surface area (TPSA) is 44.5 Å². The highest BCUT2D eigenvalue weighted by molar-refractivity contribution is 5.62. The molecule has 2 aliphatic rings. The van der Waals surface area contributed by atoms with E-state index < -0.39 is 0 Å². The van der Waals surface area contributed by atoms with Crippen molar-refractivity contribution in [3.05, 3.63) is 23.8 Å². The number of nitrogens with one attached hydrogen (secondary N) is 1. The van der Waals surface area contributed by atoms with Crippen molar-refractivity contribution in [1.82, 2.24) is 10.2 Å². The fourth-order valence-electron chi connectivity index (χ4n) is 3.85. The fourth-order valence-corrected chi connectivity index (χ4v) is 3.85. The lowest BCUT2D eigenvalue weighted by molar-refractivity contribution is 0.226. The number of aryl methyl sites for hydroxylation is 1. The van der Waals surface area contributed by atoms with Gasteiger partial charge in [-0.15, -0.1) is 0 Å². The van der Waals surface area contributed by atoms with Gasteiger partial charge in [0.05, 0.1) is 0 Å². The molecule has 4 nitrogen and oxygen atoms in total. The minimum atomic E-state index is 0.880. The smallest absolute Gasteiger partial charge is 0.0419 e. The first-order chi connectivity index (χ1) is 11.3. The monoisotopic (exact) mass is 316 g/mol. The third-order valence-electron chi connectivity index (χ3n) is 5.16. The molecule has 0 atom stereocenters. The Morgan fingerprint density at radius 2 is 1.83 bits per heavy atom. The van der Waals surface area contributed by atoms with Crippen molar-refractivity contribution in [2.45, 2.75) is 38.5 Å². The van der Waals surface area contributed by atoms with Crippen LogP contribution in [-0.2, 0) is 6.42 Å². The van der Waals surface area contributed by atoms with E-state index in [9.17, 15) is 0 Å². The number of benzene rings is 1. The summed E-state index contributed by atoms with van der Waals surface area (Å²) in [7, 11) is 0. The van der Waals surface area contributed by atoms with Crippen molar-refractivity contribution in [3.63, 3.8) is 0 Å². The summed E-state index contributed by atoms with van der Waals surface area (Å²) in [6.45, 7) is 8.32. The number of rotatable bonds is 7. The van der Waals surface area contributed by atoms with Gasteiger partial charge in [0.1, 0.15) is 0 Å². The van der Waals surface area contributed by atoms with Gasteiger partial charge in [-0.2, -0.15) is 0 Å². The van der Waals surface area contributed by atoms with Gasteiger partial charge in [0.15, 0.2) is 0 Å². The largest absolute Gasteiger partial charge is 0.399 e. The normalized spacial score (nSPS) is 18.9. The maximum atomic E-state index is 5.96. The lowest BCUT2D eigenvalue weighted by Crippen LogP contribution is -2.37. The van der Waals surface area contributed by atoms with Gasteiger partial charge >= 0.3 is 0 Å². The minimum absolute atomic E-state index is 0.880. The molecule has 0 spiro atoms. The molecule has 3 rings (SSSR count). The van der Waals surface area contributed by atoms with Gasteiger partial charge in [-0.3, -0.25) is 0 Å². The molecule has 0 bridgehead atoms. The van der Waals surface area contributed by atoms with Crippen LogP contribution in [0.15, 0.2) is 18.2 Å². The zero-order valence-corrected chi connectivity index (χ0v) is 14.4. The Bertz CT molecular complexity index is 482. The van der Waals surface area contributed by atoms with Gasteiger partial charge in [0, 0.05) is 31.0 Å². The maximum absolute atomic E-state index is 5.96. The van der Waals surface area contributed by atoms with Crippen molar-refractivity contribution < 1.29 is 0 Å². The van der Waals surface area contributed by atoms with E-state index in [2.05, 4.69) is 27.2 Å². The highest BCUT2D eigenvalue weighted by Crippen LogP contribution is 2.28. The molecule has 2 aliphatic heterocycles. The first-order valence-electron chi connectivity index (χ1n) is 9.39. The van der Waals surface area contributed by atoms with Crippen LogP contribution in [0.5, 0.6) is 0 Å². The number of nitrogens with zero attached hydrogens (tertiary/aromatic N) is 2. The standard InChI is InChI=1S/C19H32N4/c20-18-8-7-17-6-4-14-23(19(17)16-18)15-10-21-9-5-13-22-11-2-1-3-12-22/h7-8,16,21H,1-6,9-15,20H2. The molecule has 0 aliphatic carbocycles. The molecular formula is C19H32N4. The molecule has 0 aromatic heterocycles. The van der Waals surface area contributed by atoms with Crippen molar-refractivity contribution in [2.75, 3.05) is 56.4 Å². The van der Waals surface area contributed by atoms with Gasteiger partial charge in [0.2, 0.25) is 0 Å². The zero-order chi connectivity index (χ0) is 15.9. The summed E-state index contributed by atoms with van der Waals surface area (Å²) in [6.07, 6.45) is 7.93. The highest BCUT2D eigenvalue weighted by Gasteiger charge is 2.16. The molecule has 1 fully saturated rings. The van der Waals surface area contributed by atoms with E-state index in [-0.39, 0.29) is 0 Å². The van der Waals surface area contributed by atoms with Crippen LogP contribution < -0.4 is 16.0 Å². The van der Waals surface area contributed by atoms with Crippen LogP contribution in [0.25, 0.3) is 0 Å². The first kappa shape index (κ1) is 16.6. The van der Waals surface area contributed by atoms with E-state index in [4.69, 9.17) is 5.73 Å². The van der Waals surface area contributed by atoms with Crippen LogP contribution in [0.3, 0.4) is 0 Å². The second kappa shape index (κ2) is 8.55. The van der Waals surface area contributed by atoms with Gasteiger partial charge in [-0.25, -0.2) is 0 Å². The van der Waals surface area contributed by atoms with Crippen LogP contribution >= 0.6 is 0 Å². The van der Waals surface area contributed by atoms with Crippen molar-refractivity contribution in [1.29, 1.82) is 0 Å². The first-order valence-corrected chi connectivity index (χ1v) is 9.39. The Labute approximate surface area is 141 Å². The number of hydrogen-bond donors (Lipinski definition) is 2. The van der Waals surface area contributed by atoms with Crippen LogP contribution in [0.4, 0.5) is 11.4 Å². The summed E-state index contributed by atoms with van der Waals surface area (Å²) < 4.78 is 0. The van der Waals surface area contributed by atoms with E-state index in [1.54, 1.807) is 0 Å². The summed E-state index contributed by atoms with van der Waals surface area (Å²) in [5, 5.41) is 3.62. The number of likely N-dealkylation sites (tertiary alicyclic amines) is 1. The van der Waals surface area contributed by atoms with Gasteiger partial charge in [-0.05, 0) is 76.0 Å². The molecule has 23 heavy (non-hydrogen) atoms. The Morgan fingerprint density at radius 1 is 0.957 bits per heavy atom. The number of piperidine rings is 1. The zero-order valence-electron chi connectivity index (χ0n) is 14.4. The maximum Gasteiger partial charge on any atom is 0.0419 e. The molecule has 0 radical (unpaired) electrons. The Morgan fingerprint density at radius 3 is 2.70 bits per heavy atom. The summed E-state index contributed by atoms with van der Waals surface area (Å²) in [5.41, 5.74) is 9.65. The van der Waals surface area contributed by atoms with Crippen LogP contribution in [0, 0.1) is 0 Å². The SMILES string of the molecule is Nc1ccc2c(c1)N(CCNCCCN1CCCCC1)CCC2. The molecule has 0 unspecified atom stereocenters. The lowest BCUT2D eigenvalue weighted by atomic mass is 10.0. The molecule has 1 saturated heterocycles. The molecule has 0 saturated carbocycles. The number of nitrogen functional groups attached to an aromatic ring is 1. The summed E-state index contributed by atoms with van der Waals surface area (Å²) >= 11 is 0. The Hall–Kier alpha value is -1.26. The molecular weight excluding hydrogens is 284 g/mol. The van der Waals surface area contributed by atoms with Crippen LogP contribution in [0.2, 0.25) is 0 Å². The van der Waals surface area contributed by atoms with E-state index in [1.807, 2.05) is 6.07 Å². The van der Waals surface area contributed by atoms with E-state index in [0.29, 0.717) is 0 Å². The molecule has 1 aromatic rings. The second-order valence-corrected chi connectivity index (χ2v) is 6.98. The summed E-state index contributed by atoms with van der Waals surface area (Å²) in [4.78, 5) is 5.11. The Kier molecular flexibility index (Phi) is 6.17. The lowest BCUT2D eigenvalue weighted by Gasteiger charge is -2.31. The number of anilines is 2. The van der Waals surface area contributed by atoms with Crippen LogP contribution in [0.1, 0.15) is 37.7 Å². The number of hydrogen-bond acceptors (Lipinski definition) is 4. The second-order valence-electron chi connectivity index (χ2n) is 6.98. The summed E-state index contributed by atoms with van der Waals surface area (Å²) in [5.74, 6) is 0. The molecule has 0 amide bonds. The average molecular weight is 316 g/mol.